The topological polar surface area (TPSA) is 71.2 Å². The van der Waals surface area contributed by atoms with Gasteiger partial charge in [0.1, 0.15) is 5.69 Å². The van der Waals surface area contributed by atoms with Gasteiger partial charge in [0.05, 0.1) is 5.69 Å². The SMILES string of the molecule is CC1CCCN1C(=O)c1cc(NN)ccn1. The van der Waals surface area contributed by atoms with E-state index in [0.29, 0.717) is 17.4 Å². The molecule has 1 aliphatic rings. The lowest BCUT2D eigenvalue weighted by molar-refractivity contribution is 0.0741. The lowest BCUT2D eigenvalue weighted by Crippen LogP contribution is -2.34. The van der Waals surface area contributed by atoms with E-state index in [1.165, 1.54) is 0 Å². The molecule has 0 aromatic carbocycles. The van der Waals surface area contributed by atoms with Gasteiger partial charge < -0.3 is 10.3 Å². The summed E-state index contributed by atoms with van der Waals surface area (Å²) in [4.78, 5) is 18.1. The molecule has 1 atom stereocenters. The maximum atomic E-state index is 12.1. The van der Waals surface area contributed by atoms with Crippen molar-refractivity contribution < 1.29 is 4.79 Å². The number of anilines is 1. The number of hydrazine groups is 1. The quantitative estimate of drug-likeness (QED) is 0.576. The van der Waals surface area contributed by atoms with Gasteiger partial charge in [-0.05, 0) is 31.9 Å². The Morgan fingerprint density at radius 2 is 2.50 bits per heavy atom. The highest BCUT2D eigenvalue weighted by molar-refractivity contribution is 5.93. The number of nitrogens with two attached hydrogens (primary N) is 1. The molecule has 2 rings (SSSR count). The Balaban J connectivity index is 2.19. The number of nitrogen functional groups attached to an aromatic ring is 1. The second-order valence-electron chi connectivity index (χ2n) is 4.06. The molecule has 1 fully saturated rings. The van der Waals surface area contributed by atoms with E-state index in [2.05, 4.69) is 17.3 Å². The third-order valence-electron chi connectivity index (χ3n) is 2.96. The van der Waals surface area contributed by atoms with E-state index < -0.39 is 0 Å². The first-order valence-corrected chi connectivity index (χ1v) is 5.46. The molecular weight excluding hydrogens is 204 g/mol. The molecule has 1 aliphatic heterocycles. The zero-order valence-corrected chi connectivity index (χ0v) is 9.31. The van der Waals surface area contributed by atoms with Gasteiger partial charge in [-0.15, -0.1) is 0 Å². The van der Waals surface area contributed by atoms with Crippen molar-refractivity contribution in [2.24, 2.45) is 5.84 Å². The van der Waals surface area contributed by atoms with Crippen molar-refractivity contribution >= 4 is 11.6 Å². The third-order valence-corrected chi connectivity index (χ3v) is 2.96. The van der Waals surface area contributed by atoms with Crippen LogP contribution in [0.1, 0.15) is 30.3 Å². The minimum atomic E-state index is -0.0119. The second-order valence-corrected chi connectivity index (χ2v) is 4.06. The van der Waals surface area contributed by atoms with Crippen molar-refractivity contribution in [2.75, 3.05) is 12.0 Å². The molecule has 5 nitrogen and oxygen atoms in total. The van der Waals surface area contributed by atoms with Crippen LogP contribution in [0.4, 0.5) is 5.69 Å². The summed E-state index contributed by atoms with van der Waals surface area (Å²) >= 11 is 0. The largest absolute Gasteiger partial charge is 0.335 e. The molecule has 3 N–H and O–H groups in total. The van der Waals surface area contributed by atoms with Gasteiger partial charge in [-0.2, -0.15) is 0 Å². The lowest BCUT2D eigenvalue weighted by atomic mass is 10.2. The van der Waals surface area contributed by atoms with E-state index in [9.17, 15) is 4.79 Å². The average molecular weight is 220 g/mol. The van der Waals surface area contributed by atoms with E-state index in [1.807, 2.05) is 4.90 Å². The summed E-state index contributed by atoms with van der Waals surface area (Å²) in [5, 5.41) is 0. The number of carbonyl (C=O) groups is 1. The second kappa shape index (κ2) is 4.49. The molecule has 0 bridgehead atoms. The third kappa shape index (κ3) is 1.99. The minimum absolute atomic E-state index is 0.0119. The fourth-order valence-electron chi connectivity index (χ4n) is 2.02. The first-order valence-electron chi connectivity index (χ1n) is 5.46. The van der Waals surface area contributed by atoms with Crippen LogP contribution in [0.15, 0.2) is 18.3 Å². The number of hydrogen-bond donors (Lipinski definition) is 2. The average Bonchev–Trinajstić information content (AvgIpc) is 2.74. The predicted molar refractivity (Wildman–Crippen MR) is 61.8 cm³/mol. The Hall–Kier alpha value is -1.62. The first kappa shape index (κ1) is 10.9. The molecule has 5 heteroatoms. The van der Waals surface area contributed by atoms with Gasteiger partial charge in [0.2, 0.25) is 0 Å². The summed E-state index contributed by atoms with van der Waals surface area (Å²) in [6, 6.07) is 3.71. The number of nitrogens with zero attached hydrogens (tertiary/aromatic N) is 2. The zero-order valence-electron chi connectivity index (χ0n) is 9.31. The van der Waals surface area contributed by atoms with Crippen molar-refractivity contribution in [3.8, 4) is 0 Å². The molecule has 1 unspecified atom stereocenters. The molecule has 1 aromatic rings. The van der Waals surface area contributed by atoms with Crippen molar-refractivity contribution in [1.29, 1.82) is 0 Å². The monoisotopic (exact) mass is 220 g/mol. The Bertz CT molecular complexity index is 393. The number of aromatic nitrogens is 1. The highest BCUT2D eigenvalue weighted by atomic mass is 16.2. The van der Waals surface area contributed by atoms with Crippen LogP contribution in [0.25, 0.3) is 0 Å². The first-order chi connectivity index (χ1) is 7.72. The summed E-state index contributed by atoms with van der Waals surface area (Å²) in [5.74, 6) is 5.28. The number of amides is 1. The Kier molecular flexibility index (Phi) is 3.05. The van der Waals surface area contributed by atoms with Crippen molar-refractivity contribution in [2.45, 2.75) is 25.8 Å². The van der Waals surface area contributed by atoms with Crippen molar-refractivity contribution in [1.82, 2.24) is 9.88 Å². The molecule has 86 valence electrons. The van der Waals surface area contributed by atoms with E-state index in [-0.39, 0.29) is 5.91 Å². The number of hydrogen-bond acceptors (Lipinski definition) is 4. The minimum Gasteiger partial charge on any atom is -0.335 e. The number of rotatable bonds is 2. The number of pyridine rings is 1. The fourth-order valence-corrected chi connectivity index (χ4v) is 2.02. The van der Waals surface area contributed by atoms with Gasteiger partial charge in [0.15, 0.2) is 0 Å². The van der Waals surface area contributed by atoms with Crippen LogP contribution in [0.2, 0.25) is 0 Å². The lowest BCUT2D eigenvalue weighted by Gasteiger charge is -2.20. The molecule has 0 saturated carbocycles. The van der Waals surface area contributed by atoms with Crippen LogP contribution < -0.4 is 11.3 Å². The number of carbonyl (C=O) groups excluding carboxylic acids is 1. The van der Waals surface area contributed by atoms with E-state index >= 15 is 0 Å². The van der Waals surface area contributed by atoms with Gasteiger partial charge >= 0.3 is 0 Å². The molecule has 1 amide bonds. The summed E-state index contributed by atoms with van der Waals surface area (Å²) in [6.45, 7) is 2.89. The van der Waals surface area contributed by atoms with Crippen LogP contribution >= 0.6 is 0 Å². The highest BCUT2D eigenvalue weighted by Gasteiger charge is 2.26. The molecule has 1 aromatic heterocycles. The molecule has 16 heavy (non-hydrogen) atoms. The van der Waals surface area contributed by atoms with Gasteiger partial charge in [-0.25, -0.2) is 0 Å². The molecule has 0 radical (unpaired) electrons. The maximum absolute atomic E-state index is 12.1. The summed E-state index contributed by atoms with van der Waals surface area (Å²) in [7, 11) is 0. The molecule has 1 saturated heterocycles. The highest BCUT2D eigenvalue weighted by Crippen LogP contribution is 2.19. The summed E-state index contributed by atoms with van der Waals surface area (Å²) in [5.41, 5.74) is 3.66. The van der Waals surface area contributed by atoms with Crippen LogP contribution in [0.3, 0.4) is 0 Å². The Morgan fingerprint density at radius 3 is 3.12 bits per heavy atom. The Labute approximate surface area is 94.6 Å². The summed E-state index contributed by atoms with van der Waals surface area (Å²) < 4.78 is 0. The Morgan fingerprint density at radius 1 is 1.69 bits per heavy atom. The molecular formula is C11H16N4O. The van der Waals surface area contributed by atoms with Gasteiger partial charge in [0, 0.05) is 18.8 Å². The number of nitrogens with one attached hydrogen (secondary N) is 1. The molecule has 0 aliphatic carbocycles. The van der Waals surface area contributed by atoms with Crippen molar-refractivity contribution in [3.63, 3.8) is 0 Å². The standard InChI is InChI=1S/C11H16N4O/c1-8-3-2-6-15(8)11(16)10-7-9(14-12)4-5-13-10/h4-5,7-8H,2-3,6,12H2,1H3,(H,13,14). The van der Waals surface area contributed by atoms with Crippen LogP contribution in [-0.4, -0.2) is 28.4 Å². The normalized spacial score (nSPS) is 19.9. The van der Waals surface area contributed by atoms with Gasteiger partial charge in [-0.3, -0.25) is 15.6 Å². The number of likely N-dealkylation sites (tertiary alicyclic amines) is 1. The van der Waals surface area contributed by atoms with Gasteiger partial charge in [0.25, 0.3) is 5.91 Å². The smallest absolute Gasteiger partial charge is 0.272 e. The molecule has 0 spiro atoms. The van der Waals surface area contributed by atoms with Crippen molar-refractivity contribution in [3.05, 3.63) is 24.0 Å². The molecule has 2 heterocycles. The van der Waals surface area contributed by atoms with E-state index in [0.717, 1.165) is 19.4 Å². The van der Waals surface area contributed by atoms with Crippen LogP contribution in [0, 0.1) is 0 Å². The van der Waals surface area contributed by atoms with Gasteiger partial charge in [-0.1, -0.05) is 0 Å². The predicted octanol–water partition coefficient (Wildman–Crippen LogP) is 0.992. The maximum Gasteiger partial charge on any atom is 0.272 e. The zero-order chi connectivity index (χ0) is 11.5. The van der Waals surface area contributed by atoms with E-state index in [4.69, 9.17) is 5.84 Å². The van der Waals surface area contributed by atoms with E-state index in [1.54, 1.807) is 18.3 Å². The fraction of sp³-hybridized carbons (Fsp3) is 0.455. The van der Waals surface area contributed by atoms with Crippen LogP contribution in [0.5, 0.6) is 0 Å². The summed E-state index contributed by atoms with van der Waals surface area (Å²) in [6.07, 6.45) is 3.73. The van der Waals surface area contributed by atoms with Crippen LogP contribution in [-0.2, 0) is 0 Å².